The average Bonchev–Trinajstić information content (AvgIpc) is 3.59. The average molecular weight is 820 g/mol. The van der Waals surface area contributed by atoms with E-state index in [0.29, 0.717) is 11.8 Å². The molecule has 0 amide bonds. The molecule has 0 saturated carbocycles. The molecule has 0 saturated heterocycles. The number of rotatable bonds is 8. The Labute approximate surface area is 325 Å². The topological polar surface area (TPSA) is 18.5 Å². The van der Waals surface area contributed by atoms with Crippen LogP contribution in [0.2, 0.25) is 9.26 Å². The Balaban J connectivity index is 1.91. The predicted molar refractivity (Wildman–Crippen MR) is 235 cm³/mol. The summed E-state index contributed by atoms with van der Waals surface area (Å²) in [6.45, 7) is 34.4. The van der Waals surface area contributed by atoms with Gasteiger partial charge in [-0.05, 0) is 0 Å². The molecule has 2 nitrogen and oxygen atoms in total. The van der Waals surface area contributed by atoms with Crippen LogP contribution >= 0.6 is 0 Å². The molecule has 0 heterocycles. The van der Waals surface area contributed by atoms with Crippen molar-refractivity contribution in [1.82, 2.24) is 0 Å². The van der Waals surface area contributed by atoms with Gasteiger partial charge in [-0.1, -0.05) is 0 Å². The molecule has 2 atom stereocenters. The van der Waals surface area contributed by atoms with E-state index in [1.807, 2.05) is 0 Å². The second-order valence-electron chi connectivity index (χ2n) is 22.0. The van der Waals surface area contributed by atoms with Crippen LogP contribution in [0.4, 0.5) is 0 Å². The van der Waals surface area contributed by atoms with Gasteiger partial charge in [0.1, 0.15) is 0 Å². The number of hydrogen-bond acceptors (Lipinski definition) is 2. The molecule has 2 aliphatic carbocycles. The Morgan fingerprint density at radius 2 is 0.907 bits per heavy atom. The van der Waals surface area contributed by atoms with Gasteiger partial charge in [0.05, 0.1) is 0 Å². The first kappa shape index (κ1) is 40.7. The van der Waals surface area contributed by atoms with Gasteiger partial charge in [-0.3, -0.25) is 0 Å². The van der Waals surface area contributed by atoms with Gasteiger partial charge in [-0.25, -0.2) is 0 Å². The summed E-state index contributed by atoms with van der Waals surface area (Å²) < 4.78 is 22.2. The Morgan fingerprint density at radius 1 is 0.556 bits per heavy atom. The zero-order valence-corrected chi connectivity index (χ0v) is 40.3. The van der Waals surface area contributed by atoms with E-state index < -0.39 is 15.3 Å². The molecular formula is C50H68O2SiZr. The van der Waals surface area contributed by atoms with Gasteiger partial charge < -0.3 is 0 Å². The fourth-order valence-corrected chi connectivity index (χ4v) is 44.2. The van der Waals surface area contributed by atoms with E-state index in [1.54, 1.807) is 0 Å². The second-order valence-corrected chi connectivity index (χ2v) is 65.0. The summed E-state index contributed by atoms with van der Waals surface area (Å²) in [5.74, 6) is 2.61. The summed E-state index contributed by atoms with van der Waals surface area (Å²) in [5.41, 5.74) is 15.3. The molecule has 0 aromatic heterocycles. The van der Waals surface area contributed by atoms with E-state index in [9.17, 15) is 0 Å². The van der Waals surface area contributed by atoms with E-state index in [-0.39, 0.29) is 18.1 Å². The number of allylic oxidation sites excluding steroid dienone is 2. The molecular weight excluding hydrogens is 752 g/mol. The first-order valence-corrected chi connectivity index (χ1v) is 36.1. The van der Waals surface area contributed by atoms with Crippen LogP contribution in [0.3, 0.4) is 0 Å². The van der Waals surface area contributed by atoms with Gasteiger partial charge in [-0.2, -0.15) is 0 Å². The zero-order valence-electron chi connectivity index (χ0n) is 36.4. The number of aryl methyl sites for hydroxylation is 2. The second kappa shape index (κ2) is 12.0. The molecule has 0 aliphatic heterocycles. The van der Waals surface area contributed by atoms with Crippen molar-refractivity contribution >= 4 is 19.0 Å². The minimum atomic E-state index is -6.81. The summed E-state index contributed by atoms with van der Waals surface area (Å²) in [6.07, 6.45) is 4.96. The van der Waals surface area contributed by atoms with Crippen LogP contribution in [0.15, 0.2) is 83.9 Å². The van der Waals surface area contributed by atoms with E-state index in [1.165, 1.54) is 66.8 Å². The molecule has 0 spiro atoms. The molecule has 0 N–H and O–H groups in total. The Hall–Kier alpha value is -2.94. The molecule has 0 radical (unpaired) electrons. The van der Waals surface area contributed by atoms with Gasteiger partial charge in [0.15, 0.2) is 0 Å². The zero-order chi connectivity index (χ0) is 40.1. The first-order valence-electron chi connectivity index (χ1n) is 20.4. The molecule has 0 bridgehead atoms. The fraction of sp³-hybridized carbons (Fsp3) is 0.440. The van der Waals surface area contributed by atoms with Crippen LogP contribution in [-0.2, 0) is 26.1 Å². The molecule has 2 aliphatic rings. The summed E-state index contributed by atoms with van der Waals surface area (Å²) in [4.78, 5) is 0. The van der Waals surface area contributed by atoms with E-state index >= 15 is 0 Å². The molecule has 6 rings (SSSR count). The number of fused-ring (bicyclic) bond motifs is 2. The van der Waals surface area contributed by atoms with Gasteiger partial charge in [-0.15, -0.1) is 0 Å². The van der Waals surface area contributed by atoms with Crippen molar-refractivity contribution in [3.05, 3.63) is 140 Å². The van der Waals surface area contributed by atoms with Gasteiger partial charge in [0, 0.05) is 0 Å². The molecule has 0 fully saturated rings. The van der Waals surface area contributed by atoms with Crippen molar-refractivity contribution in [3.8, 4) is 11.5 Å². The van der Waals surface area contributed by atoms with Crippen molar-refractivity contribution < 1.29 is 20.9 Å². The molecule has 4 aromatic rings. The fourth-order valence-electron chi connectivity index (χ4n) is 11.3. The van der Waals surface area contributed by atoms with Crippen LogP contribution in [0, 0.1) is 13.8 Å². The standard InChI is InChI=1S/2C13H15.2C11H16O.2CH3.H2Si.Zr/c2*1-9(2)12-6-4-5-11-7-10(3)8-13(11)12;2*1-8-5-6-10(12)9(7-8)11(2,3)4;;;;/h2*4-9H,1-3H3;2*5-7,12H,1-4H3;2*1H3;1H2;/q;;;;;;;+2/p-2. The normalized spacial score (nSPS) is 19.3. The SMILES string of the molecule is CC1=Cc2c(C(C)C)cccc2[CH]1[Zr]([CH3])([CH3])(=[SiH2])([O]c1ccc(C)cc1C(C)(C)C)([O]c1ccc(C)cc1C(C)(C)C)[CH]1C(C)=Cc2c(C(C)C)cccc21. The Kier molecular flexibility index (Phi) is 9.07. The summed E-state index contributed by atoms with van der Waals surface area (Å²) in [5, 5.41) is 0. The van der Waals surface area contributed by atoms with E-state index in [4.69, 9.17) is 5.63 Å². The van der Waals surface area contributed by atoms with Crippen LogP contribution in [-0.4, -0.2) is 6.88 Å². The van der Waals surface area contributed by atoms with Gasteiger partial charge >= 0.3 is 327 Å². The maximum absolute atomic E-state index is 8.70. The summed E-state index contributed by atoms with van der Waals surface area (Å²) in [7, 11) is 0. The van der Waals surface area contributed by atoms with Crippen molar-refractivity contribution in [2.24, 2.45) is 0 Å². The van der Waals surface area contributed by atoms with Crippen LogP contribution in [0.1, 0.15) is 158 Å². The quantitative estimate of drug-likeness (QED) is 0.165. The van der Waals surface area contributed by atoms with Crippen molar-refractivity contribution in [3.63, 3.8) is 0 Å². The molecule has 4 aromatic carbocycles. The van der Waals surface area contributed by atoms with E-state index in [0.717, 1.165) is 11.5 Å². The van der Waals surface area contributed by atoms with Crippen LogP contribution in [0.5, 0.6) is 11.5 Å². The molecule has 4 heteroatoms. The minimum absolute atomic E-state index is 0.140. The predicted octanol–water partition coefficient (Wildman–Crippen LogP) is 14.2. The Morgan fingerprint density at radius 3 is 1.22 bits per heavy atom. The summed E-state index contributed by atoms with van der Waals surface area (Å²) in [6, 6.07) is 27.6. The van der Waals surface area contributed by atoms with E-state index in [2.05, 4.69) is 198 Å². The molecule has 2 unspecified atom stereocenters. The maximum atomic E-state index is 8.70. The van der Waals surface area contributed by atoms with Crippen LogP contribution < -0.4 is 5.63 Å². The summed E-state index contributed by atoms with van der Waals surface area (Å²) >= 11 is -6.81. The van der Waals surface area contributed by atoms with Crippen LogP contribution in [0.25, 0.3) is 12.2 Å². The first-order chi connectivity index (χ1) is 24.6. The number of benzene rings is 4. The van der Waals surface area contributed by atoms with Crippen molar-refractivity contribution in [2.75, 3.05) is 0 Å². The Bertz CT molecular complexity index is 2230. The molecule has 288 valence electrons. The third-order valence-electron chi connectivity index (χ3n) is 13.2. The molecule has 54 heavy (non-hydrogen) atoms. The van der Waals surface area contributed by atoms with Gasteiger partial charge in [0.2, 0.25) is 0 Å². The van der Waals surface area contributed by atoms with Crippen molar-refractivity contribution in [1.29, 1.82) is 0 Å². The third-order valence-corrected chi connectivity index (χ3v) is 40.5. The van der Waals surface area contributed by atoms with Crippen molar-refractivity contribution in [2.45, 2.75) is 136 Å². The van der Waals surface area contributed by atoms with Gasteiger partial charge in [0.25, 0.3) is 0 Å². The third kappa shape index (κ3) is 6.21. The number of hydrogen-bond donors (Lipinski definition) is 0. The monoisotopic (exact) mass is 818 g/mol.